The molecule has 0 aliphatic heterocycles. The zero-order chi connectivity index (χ0) is 18.5. The maximum absolute atomic E-state index is 13.0. The van der Waals surface area contributed by atoms with E-state index in [1.807, 2.05) is 18.2 Å². The molecule has 0 aliphatic carbocycles. The van der Waals surface area contributed by atoms with Crippen LogP contribution in [0.3, 0.4) is 0 Å². The van der Waals surface area contributed by atoms with Crippen molar-refractivity contribution >= 4 is 29.2 Å². The van der Waals surface area contributed by atoms with Crippen LogP contribution in [0.4, 0.5) is 15.9 Å². The van der Waals surface area contributed by atoms with E-state index < -0.39 is 16.6 Å². The summed E-state index contributed by atoms with van der Waals surface area (Å²) in [7, 11) is 0. The molecule has 2 aromatic carbocycles. The van der Waals surface area contributed by atoms with Crippen LogP contribution in [0, 0.1) is 5.82 Å². The van der Waals surface area contributed by atoms with Crippen molar-refractivity contribution in [3.63, 3.8) is 0 Å². The first-order valence-corrected chi connectivity index (χ1v) is 8.54. The molecule has 1 amide bonds. The molecule has 0 radical (unpaired) electrons. The lowest BCUT2D eigenvalue weighted by molar-refractivity contribution is -0.115. The zero-order valence-electron chi connectivity index (χ0n) is 13.5. The predicted octanol–water partition coefficient (Wildman–Crippen LogP) is 2.96. The lowest BCUT2D eigenvalue weighted by Crippen LogP contribution is -2.20. The summed E-state index contributed by atoms with van der Waals surface area (Å²) in [4.78, 5) is 31.0. The van der Waals surface area contributed by atoms with Crippen LogP contribution < -0.4 is 16.6 Å². The molecule has 26 heavy (non-hydrogen) atoms. The van der Waals surface area contributed by atoms with Crippen LogP contribution >= 0.6 is 11.8 Å². The smallest absolute Gasteiger partial charge is 0.253 e. The van der Waals surface area contributed by atoms with Gasteiger partial charge in [-0.15, -0.1) is 0 Å². The summed E-state index contributed by atoms with van der Waals surface area (Å²) in [5.41, 5.74) is 6.40. The number of amides is 1. The Labute approximate surface area is 152 Å². The summed E-state index contributed by atoms with van der Waals surface area (Å²) in [5, 5.41) is 2.29. The summed E-state index contributed by atoms with van der Waals surface area (Å²) in [6.07, 6.45) is 0. The molecular formula is C18H15FN4O2S. The highest BCUT2D eigenvalue weighted by Crippen LogP contribution is 2.34. The van der Waals surface area contributed by atoms with Gasteiger partial charge in [-0.25, -0.2) is 9.37 Å². The van der Waals surface area contributed by atoms with Gasteiger partial charge in [0.05, 0.1) is 0 Å². The van der Waals surface area contributed by atoms with Gasteiger partial charge in [-0.2, -0.15) is 0 Å². The normalized spacial score (nSPS) is 11.7. The van der Waals surface area contributed by atoms with Crippen LogP contribution in [0.15, 0.2) is 70.6 Å². The Balaban J connectivity index is 1.89. The molecule has 0 fully saturated rings. The highest BCUT2D eigenvalue weighted by Gasteiger charge is 2.23. The van der Waals surface area contributed by atoms with E-state index in [-0.39, 0.29) is 16.9 Å². The molecule has 0 bridgehead atoms. The quantitative estimate of drug-likeness (QED) is 0.473. The van der Waals surface area contributed by atoms with Gasteiger partial charge in [0.1, 0.15) is 16.9 Å². The predicted molar refractivity (Wildman–Crippen MR) is 99.3 cm³/mol. The number of nitrogens with zero attached hydrogens (tertiary/aromatic N) is 1. The monoisotopic (exact) mass is 370 g/mol. The van der Waals surface area contributed by atoms with Crippen LogP contribution in [-0.4, -0.2) is 15.9 Å². The van der Waals surface area contributed by atoms with Gasteiger partial charge in [0.2, 0.25) is 5.91 Å². The number of H-pyrrole nitrogens is 1. The molecule has 0 spiro atoms. The van der Waals surface area contributed by atoms with E-state index in [1.54, 1.807) is 12.1 Å². The molecule has 1 aromatic heterocycles. The summed E-state index contributed by atoms with van der Waals surface area (Å²) >= 11 is 1.07. The third kappa shape index (κ3) is 4.48. The van der Waals surface area contributed by atoms with Crippen molar-refractivity contribution in [1.29, 1.82) is 0 Å². The molecule has 1 atom stereocenters. The maximum atomic E-state index is 13.0. The Morgan fingerprint density at radius 2 is 1.85 bits per heavy atom. The van der Waals surface area contributed by atoms with Gasteiger partial charge >= 0.3 is 0 Å². The minimum atomic E-state index is -0.689. The minimum Gasteiger partial charge on any atom is -0.383 e. The van der Waals surface area contributed by atoms with Gasteiger partial charge < -0.3 is 16.0 Å². The molecule has 1 heterocycles. The molecule has 3 aromatic rings. The van der Waals surface area contributed by atoms with Gasteiger partial charge in [0.15, 0.2) is 5.16 Å². The number of anilines is 2. The Bertz CT molecular complexity index is 961. The second kappa shape index (κ2) is 7.83. The second-order valence-electron chi connectivity index (χ2n) is 5.38. The number of benzene rings is 2. The Morgan fingerprint density at radius 3 is 2.50 bits per heavy atom. The van der Waals surface area contributed by atoms with Crippen LogP contribution in [-0.2, 0) is 4.79 Å². The Hall–Kier alpha value is -3.13. The molecule has 8 heteroatoms. The number of nitrogens with two attached hydrogens (primary N) is 1. The number of nitrogens with one attached hydrogen (secondary N) is 2. The fourth-order valence-corrected chi connectivity index (χ4v) is 3.26. The Kier molecular flexibility index (Phi) is 5.33. The second-order valence-corrected chi connectivity index (χ2v) is 6.47. The van der Waals surface area contributed by atoms with Crippen LogP contribution in [0.2, 0.25) is 0 Å². The van der Waals surface area contributed by atoms with Gasteiger partial charge in [-0.05, 0) is 29.8 Å². The largest absolute Gasteiger partial charge is 0.383 e. The first-order valence-electron chi connectivity index (χ1n) is 7.66. The summed E-state index contributed by atoms with van der Waals surface area (Å²) < 4.78 is 13.0. The fraction of sp³-hybridized carbons (Fsp3) is 0.0556. The average molecular weight is 370 g/mol. The molecule has 6 nitrogen and oxygen atoms in total. The van der Waals surface area contributed by atoms with Crippen molar-refractivity contribution in [2.75, 3.05) is 11.1 Å². The van der Waals surface area contributed by atoms with Crippen molar-refractivity contribution < 1.29 is 9.18 Å². The van der Waals surface area contributed by atoms with Gasteiger partial charge in [-0.3, -0.25) is 9.59 Å². The number of carbonyl (C=O) groups is 1. The molecule has 0 unspecified atom stereocenters. The maximum Gasteiger partial charge on any atom is 0.253 e. The van der Waals surface area contributed by atoms with E-state index in [1.165, 1.54) is 30.3 Å². The Morgan fingerprint density at radius 1 is 1.15 bits per heavy atom. The number of halogens is 1. The standard InChI is InChI=1S/C18H15FN4O2S/c19-12-6-8-13(9-7-12)21-17(25)16(11-4-2-1-3-5-11)26-18-22-14(20)10-15(24)23-18/h1-10,16H,(H,21,25)(H3,20,22,23,24)/t16-/m1/s1. The van der Waals surface area contributed by atoms with Gasteiger partial charge in [0.25, 0.3) is 5.56 Å². The first-order chi connectivity index (χ1) is 12.5. The van der Waals surface area contributed by atoms with Crippen LogP contribution in [0.25, 0.3) is 0 Å². The van der Waals surface area contributed by atoms with Crippen molar-refractivity contribution in [2.45, 2.75) is 10.4 Å². The summed E-state index contributed by atoms with van der Waals surface area (Å²) in [6.45, 7) is 0. The third-order valence-electron chi connectivity index (χ3n) is 3.42. The van der Waals surface area contributed by atoms with E-state index in [0.29, 0.717) is 5.69 Å². The number of hydrogen-bond donors (Lipinski definition) is 3. The van der Waals surface area contributed by atoms with Crippen molar-refractivity contribution in [1.82, 2.24) is 9.97 Å². The molecule has 3 rings (SSSR count). The number of aromatic nitrogens is 2. The third-order valence-corrected chi connectivity index (χ3v) is 4.56. The van der Waals surface area contributed by atoms with Gasteiger partial charge in [-0.1, -0.05) is 42.1 Å². The van der Waals surface area contributed by atoms with Crippen molar-refractivity contribution in [3.05, 3.63) is 82.4 Å². The van der Waals surface area contributed by atoms with E-state index >= 15 is 0 Å². The first kappa shape index (κ1) is 17.7. The molecule has 0 aliphatic rings. The number of hydrogen-bond acceptors (Lipinski definition) is 5. The average Bonchev–Trinajstić information content (AvgIpc) is 2.61. The van der Waals surface area contributed by atoms with E-state index in [9.17, 15) is 14.0 Å². The molecule has 132 valence electrons. The van der Waals surface area contributed by atoms with Crippen molar-refractivity contribution in [3.8, 4) is 0 Å². The molecular weight excluding hydrogens is 355 g/mol. The molecule has 0 saturated carbocycles. The lowest BCUT2D eigenvalue weighted by Gasteiger charge is -2.16. The highest BCUT2D eigenvalue weighted by molar-refractivity contribution is 8.00. The number of rotatable bonds is 5. The SMILES string of the molecule is Nc1cc(=O)[nH]c(S[C@@H](C(=O)Nc2ccc(F)cc2)c2ccccc2)n1. The number of aromatic amines is 1. The van der Waals surface area contributed by atoms with Gasteiger partial charge in [0, 0.05) is 11.8 Å². The number of thioether (sulfide) groups is 1. The number of nitrogen functional groups attached to an aromatic ring is 1. The van der Waals surface area contributed by atoms with Crippen LogP contribution in [0.5, 0.6) is 0 Å². The zero-order valence-corrected chi connectivity index (χ0v) is 14.3. The van der Waals surface area contributed by atoms with Crippen LogP contribution in [0.1, 0.15) is 10.8 Å². The van der Waals surface area contributed by atoms with E-state index in [2.05, 4.69) is 15.3 Å². The lowest BCUT2D eigenvalue weighted by atomic mass is 10.1. The highest BCUT2D eigenvalue weighted by atomic mass is 32.2. The minimum absolute atomic E-state index is 0.0713. The van der Waals surface area contributed by atoms with E-state index in [4.69, 9.17) is 5.73 Å². The number of carbonyl (C=O) groups excluding carboxylic acids is 1. The summed E-state index contributed by atoms with van der Waals surface area (Å²) in [6, 6.07) is 15.7. The van der Waals surface area contributed by atoms with Crippen molar-refractivity contribution in [2.24, 2.45) is 0 Å². The van der Waals surface area contributed by atoms with E-state index in [0.717, 1.165) is 17.3 Å². The molecule has 4 N–H and O–H groups in total. The molecule has 0 saturated heterocycles. The fourth-order valence-electron chi connectivity index (χ4n) is 2.26. The topological polar surface area (TPSA) is 101 Å². The summed E-state index contributed by atoms with van der Waals surface area (Å²) in [5.74, 6) is -0.654.